The van der Waals surface area contributed by atoms with Crippen LogP contribution in [0, 0.1) is 12.7 Å². The first kappa shape index (κ1) is 21.5. The van der Waals surface area contributed by atoms with Gasteiger partial charge in [-0.05, 0) is 44.0 Å². The van der Waals surface area contributed by atoms with Gasteiger partial charge in [-0.15, -0.1) is 0 Å². The molecule has 0 N–H and O–H groups in total. The molecule has 1 aliphatic rings. The van der Waals surface area contributed by atoms with Crippen molar-refractivity contribution in [1.82, 2.24) is 19.4 Å². The van der Waals surface area contributed by atoms with Crippen LogP contribution < -0.4 is 0 Å². The molecule has 2 aromatic carbocycles. The maximum absolute atomic E-state index is 14.3. The average Bonchev–Trinajstić information content (AvgIpc) is 3.48. The standard InChI is InChI=1S/C25H23FN4O2S/c1-16-5-8-21(26)20(11-16)18-13-27-25(28-14-18)30-15-23(33(2)32)19-7-6-17(12-22(19)30)24(31)29-9-3-4-10-29/h5-8,11-15H,3-4,9-10H2,1-2H3. The number of nitrogens with zero attached hydrogens (tertiary/aromatic N) is 4. The van der Waals surface area contributed by atoms with Crippen LogP contribution in [-0.4, -0.2) is 48.9 Å². The maximum Gasteiger partial charge on any atom is 0.253 e. The molecule has 0 aliphatic carbocycles. The van der Waals surface area contributed by atoms with Gasteiger partial charge < -0.3 is 4.90 Å². The Morgan fingerprint density at radius 1 is 1.06 bits per heavy atom. The number of likely N-dealkylation sites (tertiary alicyclic amines) is 1. The lowest BCUT2D eigenvalue weighted by atomic mass is 10.1. The summed E-state index contributed by atoms with van der Waals surface area (Å²) in [5.41, 5.74) is 3.24. The van der Waals surface area contributed by atoms with Gasteiger partial charge in [-0.1, -0.05) is 17.7 Å². The Kier molecular flexibility index (Phi) is 5.54. The van der Waals surface area contributed by atoms with Gasteiger partial charge in [0.2, 0.25) is 5.95 Å². The van der Waals surface area contributed by atoms with E-state index in [1.807, 2.05) is 24.0 Å². The molecule has 0 saturated carbocycles. The fraction of sp³-hybridized carbons (Fsp3) is 0.240. The van der Waals surface area contributed by atoms with E-state index < -0.39 is 10.8 Å². The SMILES string of the molecule is Cc1ccc(F)c(-c2cnc(-n3cc(S(C)=O)c4ccc(C(=O)N5CCCC5)cc43)nc2)c1. The van der Waals surface area contributed by atoms with Crippen molar-refractivity contribution in [3.05, 3.63) is 71.9 Å². The lowest BCUT2D eigenvalue weighted by molar-refractivity contribution is 0.0793. The maximum atomic E-state index is 14.3. The number of benzene rings is 2. The van der Waals surface area contributed by atoms with E-state index in [-0.39, 0.29) is 11.7 Å². The Labute approximate surface area is 193 Å². The summed E-state index contributed by atoms with van der Waals surface area (Å²) in [6, 6.07) is 10.3. The van der Waals surface area contributed by atoms with Crippen LogP contribution in [0.3, 0.4) is 0 Å². The molecule has 168 valence electrons. The number of hydrogen-bond acceptors (Lipinski definition) is 4. The number of rotatable bonds is 4. The third kappa shape index (κ3) is 3.95. The van der Waals surface area contributed by atoms with Crippen LogP contribution in [0.15, 0.2) is 59.9 Å². The minimum absolute atomic E-state index is 0.00694. The van der Waals surface area contributed by atoms with Crippen LogP contribution in [0.1, 0.15) is 28.8 Å². The van der Waals surface area contributed by atoms with Gasteiger partial charge in [0.15, 0.2) is 0 Å². The quantitative estimate of drug-likeness (QED) is 0.448. The Morgan fingerprint density at radius 2 is 1.79 bits per heavy atom. The van der Waals surface area contributed by atoms with Crippen LogP contribution in [0.25, 0.3) is 28.0 Å². The summed E-state index contributed by atoms with van der Waals surface area (Å²) in [4.78, 5) is 24.4. The molecule has 0 bridgehead atoms. The molecule has 1 aliphatic heterocycles. The molecule has 1 fully saturated rings. The summed E-state index contributed by atoms with van der Waals surface area (Å²) < 4.78 is 28.4. The fourth-order valence-corrected chi connectivity index (χ4v) is 5.01. The van der Waals surface area contributed by atoms with E-state index in [4.69, 9.17) is 0 Å². The highest BCUT2D eigenvalue weighted by Gasteiger charge is 2.22. The first-order valence-corrected chi connectivity index (χ1v) is 12.3. The molecule has 33 heavy (non-hydrogen) atoms. The number of aromatic nitrogens is 3. The molecular formula is C25H23FN4O2S. The van der Waals surface area contributed by atoms with Gasteiger partial charge in [0, 0.05) is 60.0 Å². The highest BCUT2D eigenvalue weighted by Crippen LogP contribution is 2.29. The van der Waals surface area contributed by atoms with Crippen molar-refractivity contribution in [2.24, 2.45) is 0 Å². The van der Waals surface area contributed by atoms with Crippen molar-refractivity contribution < 1.29 is 13.4 Å². The van der Waals surface area contributed by atoms with E-state index in [9.17, 15) is 13.4 Å². The summed E-state index contributed by atoms with van der Waals surface area (Å²) >= 11 is 0. The molecule has 6 nitrogen and oxygen atoms in total. The van der Waals surface area contributed by atoms with E-state index in [2.05, 4.69) is 9.97 Å². The van der Waals surface area contributed by atoms with E-state index >= 15 is 0 Å². The third-order valence-electron chi connectivity index (χ3n) is 6.01. The van der Waals surface area contributed by atoms with Crippen molar-refractivity contribution >= 4 is 27.6 Å². The second kappa shape index (κ2) is 8.51. The van der Waals surface area contributed by atoms with Crippen LogP contribution in [0.2, 0.25) is 0 Å². The van der Waals surface area contributed by atoms with Crippen LogP contribution in [0.5, 0.6) is 0 Å². The molecule has 4 aromatic rings. The smallest absolute Gasteiger partial charge is 0.253 e. The van der Waals surface area contributed by atoms with Gasteiger partial charge >= 0.3 is 0 Å². The van der Waals surface area contributed by atoms with Gasteiger partial charge in [0.1, 0.15) is 5.82 Å². The molecule has 1 atom stereocenters. The zero-order valence-corrected chi connectivity index (χ0v) is 19.2. The Balaban J connectivity index is 1.59. The highest BCUT2D eigenvalue weighted by atomic mass is 32.2. The third-order valence-corrected chi connectivity index (χ3v) is 6.95. The number of amides is 1. The van der Waals surface area contributed by atoms with Crippen LogP contribution in [0.4, 0.5) is 4.39 Å². The number of hydrogen-bond donors (Lipinski definition) is 0. The molecule has 1 unspecified atom stereocenters. The van der Waals surface area contributed by atoms with E-state index in [1.165, 1.54) is 6.07 Å². The van der Waals surface area contributed by atoms with E-state index in [0.717, 1.165) is 36.9 Å². The largest absolute Gasteiger partial charge is 0.339 e. The second-order valence-corrected chi connectivity index (χ2v) is 9.65. The topological polar surface area (TPSA) is 68.1 Å². The Bertz CT molecular complexity index is 1390. The van der Waals surface area contributed by atoms with Gasteiger partial charge in [0.05, 0.1) is 21.2 Å². The van der Waals surface area contributed by atoms with Crippen molar-refractivity contribution in [2.75, 3.05) is 19.3 Å². The van der Waals surface area contributed by atoms with Crippen molar-refractivity contribution in [3.8, 4) is 17.1 Å². The highest BCUT2D eigenvalue weighted by molar-refractivity contribution is 7.84. The average molecular weight is 463 g/mol. The molecule has 1 saturated heterocycles. The normalized spacial score (nSPS) is 14.7. The summed E-state index contributed by atoms with van der Waals surface area (Å²) in [5.74, 6) is 0.0175. The lowest BCUT2D eigenvalue weighted by Gasteiger charge is -2.15. The van der Waals surface area contributed by atoms with Gasteiger partial charge in [0.25, 0.3) is 5.91 Å². The number of carbonyl (C=O) groups excluding carboxylic acids is 1. The molecule has 8 heteroatoms. The predicted octanol–water partition coefficient (Wildman–Crippen LogP) is 4.51. The summed E-state index contributed by atoms with van der Waals surface area (Å²) in [7, 11) is -1.24. The number of aryl methyl sites for hydroxylation is 1. The van der Waals surface area contributed by atoms with Gasteiger partial charge in [-0.25, -0.2) is 14.4 Å². The molecule has 0 radical (unpaired) electrons. The van der Waals surface area contributed by atoms with Crippen LogP contribution in [-0.2, 0) is 10.8 Å². The van der Waals surface area contributed by atoms with E-state index in [1.54, 1.807) is 47.6 Å². The Hall–Kier alpha value is -3.39. The summed E-state index contributed by atoms with van der Waals surface area (Å²) in [5, 5.41) is 0.784. The minimum atomic E-state index is -1.24. The molecule has 3 heterocycles. The fourth-order valence-electron chi connectivity index (χ4n) is 4.27. The first-order valence-electron chi connectivity index (χ1n) is 10.8. The minimum Gasteiger partial charge on any atom is -0.339 e. The molecule has 1 amide bonds. The van der Waals surface area contributed by atoms with E-state index in [0.29, 0.717) is 33.1 Å². The number of halogens is 1. The predicted molar refractivity (Wildman–Crippen MR) is 126 cm³/mol. The molecular weight excluding hydrogens is 439 g/mol. The zero-order valence-electron chi connectivity index (χ0n) is 18.4. The Morgan fingerprint density at radius 3 is 2.48 bits per heavy atom. The lowest BCUT2D eigenvalue weighted by Crippen LogP contribution is -2.27. The zero-order chi connectivity index (χ0) is 23.1. The molecule has 2 aromatic heterocycles. The second-order valence-electron chi connectivity index (χ2n) is 8.30. The van der Waals surface area contributed by atoms with Crippen molar-refractivity contribution in [1.29, 1.82) is 0 Å². The monoisotopic (exact) mass is 462 g/mol. The summed E-state index contributed by atoms with van der Waals surface area (Å²) in [6.45, 7) is 3.43. The number of carbonyl (C=O) groups is 1. The summed E-state index contributed by atoms with van der Waals surface area (Å²) in [6.07, 6.45) is 8.55. The molecule has 5 rings (SSSR count). The van der Waals surface area contributed by atoms with Gasteiger partial charge in [-0.2, -0.15) is 0 Å². The first-order chi connectivity index (χ1) is 15.9. The number of fused-ring (bicyclic) bond motifs is 1. The van der Waals surface area contributed by atoms with Crippen molar-refractivity contribution in [3.63, 3.8) is 0 Å². The molecule has 0 spiro atoms. The van der Waals surface area contributed by atoms with Crippen LogP contribution >= 0.6 is 0 Å². The van der Waals surface area contributed by atoms with Gasteiger partial charge in [-0.3, -0.25) is 13.6 Å². The van der Waals surface area contributed by atoms with Crippen molar-refractivity contribution in [2.45, 2.75) is 24.7 Å².